The van der Waals surface area contributed by atoms with Crippen molar-refractivity contribution >= 4 is 33.7 Å². The molecule has 9 heteroatoms. The first-order valence-corrected chi connectivity index (χ1v) is 14.1. The van der Waals surface area contributed by atoms with Gasteiger partial charge in [0.25, 0.3) is 0 Å². The molecule has 1 spiro atoms. The summed E-state index contributed by atoms with van der Waals surface area (Å²) in [6, 6.07) is 7.11. The number of benzene rings is 1. The zero-order valence-corrected chi connectivity index (χ0v) is 24.3. The molecular formula is C29H39BrN2O6. The van der Waals surface area contributed by atoms with Crippen molar-refractivity contribution in [3.05, 3.63) is 48.6 Å². The molecule has 3 unspecified atom stereocenters. The van der Waals surface area contributed by atoms with E-state index in [1.165, 1.54) is 4.90 Å². The lowest BCUT2D eigenvalue weighted by molar-refractivity contribution is -0.156. The van der Waals surface area contributed by atoms with Gasteiger partial charge in [-0.05, 0) is 37.7 Å². The van der Waals surface area contributed by atoms with Crippen LogP contribution in [0.4, 0.5) is 0 Å². The fourth-order valence-electron chi connectivity index (χ4n) is 7.30. The van der Waals surface area contributed by atoms with Crippen LogP contribution in [-0.2, 0) is 19.1 Å². The minimum absolute atomic E-state index is 0.0927. The Kier molecular flexibility index (Phi) is 7.62. The first kappa shape index (κ1) is 28.8. The summed E-state index contributed by atoms with van der Waals surface area (Å²) < 4.78 is 6.43. The van der Waals surface area contributed by atoms with Crippen LogP contribution in [0.25, 0.3) is 0 Å². The zero-order valence-electron chi connectivity index (χ0n) is 22.8. The molecular weight excluding hydrogens is 552 g/mol. The quantitative estimate of drug-likeness (QED) is 0.335. The van der Waals surface area contributed by atoms with Crippen LogP contribution >= 0.6 is 15.9 Å². The van der Waals surface area contributed by atoms with E-state index in [1.54, 1.807) is 23.1 Å². The summed E-state index contributed by atoms with van der Waals surface area (Å²) in [7, 11) is 0. The molecule has 8 nitrogen and oxygen atoms in total. The number of hydrogen-bond donors (Lipinski definition) is 2. The van der Waals surface area contributed by atoms with E-state index in [0.29, 0.717) is 18.4 Å². The van der Waals surface area contributed by atoms with Crippen molar-refractivity contribution in [1.29, 1.82) is 0 Å². The number of carbonyl (C=O) groups is 3. The molecule has 38 heavy (non-hydrogen) atoms. The molecule has 7 atom stereocenters. The second kappa shape index (κ2) is 10.1. The summed E-state index contributed by atoms with van der Waals surface area (Å²) in [5.74, 6) is -4.03. The number of hydrogen-bond acceptors (Lipinski definition) is 5. The van der Waals surface area contributed by atoms with Gasteiger partial charge in [-0.15, -0.1) is 6.58 Å². The number of rotatable bonds is 9. The van der Waals surface area contributed by atoms with E-state index >= 15 is 0 Å². The number of aliphatic hydroxyl groups excluding tert-OH is 1. The number of carboxylic acid groups (broad SMARTS) is 1. The summed E-state index contributed by atoms with van der Waals surface area (Å²) in [6.07, 6.45) is 1.94. The van der Waals surface area contributed by atoms with Gasteiger partial charge in [0.05, 0.1) is 30.6 Å². The Morgan fingerprint density at radius 2 is 1.89 bits per heavy atom. The number of alkyl halides is 1. The van der Waals surface area contributed by atoms with Crippen molar-refractivity contribution in [1.82, 2.24) is 9.80 Å². The van der Waals surface area contributed by atoms with Gasteiger partial charge in [0.2, 0.25) is 11.8 Å². The van der Waals surface area contributed by atoms with Gasteiger partial charge in [0, 0.05) is 16.9 Å². The van der Waals surface area contributed by atoms with Gasteiger partial charge in [-0.1, -0.05) is 73.1 Å². The molecule has 208 valence electrons. The molecule has 2 N–H and O–H groups in total. The molecule has 3 saturated heterocycles. The van der Waals surface area contributed by atoms with Crippen molar-refractivity contribution < 1.29 is 29.3 Å². The predicted octanol–water partition coefficient (Wildman–Crippen LogP) is 3.78. The van der Waals surface area contributed by atoms with Crippen LogP contribution in [0.3, 0.4) is 0 Å². The van der Waals surface area contributed by atoms with E-state index in [0.717, 1.165) is 0 Å². The zero-order chi connectivity index (χ0) is 28.2. The van der Waals surface area contributed by atoms with Crippen LogP contribution in [-0.4, -0.2) is 79.1 Å². The molecule has 2 bridgehead atoms. The Morgan fingerprint density at radius 1 is 1.26 bits per heavy atom. The van der Waals surface area contributed by atoms with E-state index in [2.05, 4.69) is 43.3 Å². The van der Waals surface area contributed by atoms with Gasteiger partial charge < -0.3 is 24.7 Å². The van der Waals surface area contributed by atoms with E-state index in [9.17, 15) is 24.6 Å². The average molecular weight is 592 g/mol. The van der Waals surface area contributed by atoms with Gasteiger partial charge in [0.1, 0.15) is 11.6 Å². The van der Waals surface area contributed by atoms with E-state index in [-0.39, 0.29) is 22.7 Å². The van der Waals surface area contributed by atoms with E-state index in [1.807, 2.05) is 32.0 Å². The lowest BCUT2D eigenvalue weighted by Crippen LogP contribution is -2.61. The minimum atomic E-state index is -1.32. The fraction of sp³-hybridized carbons (Fsp3) is 0.621. The fourth-order valence-corrected chi connectivity index (χ4v) is 8.24. The molecule has 3 aliphatic heterocycles. The second-order valence-corrected chi connectivity index (χ2v) is 13.8. The third-order valence-electron chi connectivity index (χ3n) is 8.21. The maximum Gasteiger partial charge on any atom is 0.310 e. The van der Waals surface area contributed by atoms with Crippen molar-refractivity contribution in [2.45, 2.75) is 81.6 Å². The Labute approximate surface area is 233 Å². The summed E-state index contributed by atoms with van der Waals surface area (Å²) >= 11 is 3.59. The van der Waals surface area contributed by atoms with Crippen molar-refractivity contribution in [2.75, 3.05) is 13.2 Å². The molecule has 3 heterocycles. The first-order chi connectivity index (χ1) is 17.7. The number of fused-ring (bicyclic) bond motifs is 1. The normalized spacial score (nSPS) is 31.3. The molecule has 1 aromatic rings. The Hall–Kier alpha value is -2.23. The summed E-state index contributed by atoms with van der Waals surface area (Å²) in [6.45, 7) is 14.0. The highest BCUT2D eigenvalue weighted by Crippen LogP contribution is 2.61. The first-order valence-electron chi connectivity index (χ1n) is 13.2. The van der Waals surface area contributed by atoms with E-state index < -0.39 is 59.6 Å². The number of ether oxygens (including phenoxy) is 1. The van der Waals surface area contributed by atoms with Crippen LogP contribution in [0.5, 0.6) is 0 Å². The van der Waals surface area contributed by atoms with Crippen LogP contribution in [0.2, 0.25) is 0 Å². The Bertz CT molecular complexity index is 1100. The summed E-state index contributed by atoms with van der Waals surface area (Å²) in [5, 5.41) is 20.7. The summed E-state index contributed by atoms with van der Waals surface area (Å²) in [5.41, 5.74) is -1.36. The molecule has 1 aromatic carbocycles. The standard InChI is InChI=1S/C29H39BrN2O6/c1-7-13-31(28(5,6)16-27(2,3)4)25(35)23-29-14-18(30)22(38-29)20(26(36)37)21(29)24(34)32(23)19(15-33)17-11-9-8-10-12-17/h7-12,18-23,33H,1,13-16H2,2-6H3,(H,36,37)/t18?,19-,20+,21+,22+,23?,29?/m1/s1. The SMILES string of the molecule is C=CCN(C(=O)C1N([C@H](CO)c2ccccc2)C(=O)[C@@H]2[C@H](C(=O)O)[C@H]3OC12CC3Br)C(C)(C)CC(C)(C)C. The van der Waals surface area contributed by atoms with Gasteiger partial charge in [-0.2, -0.15) is 0 Å². The van der Waals surface area contributed by atoms with Gasteiger partial charge >= 0.3 is 5.97 Å². The number of aliphatic carboxylic acids is 1. The minimum Gasteiger partial charge on any atom is -0.481 e. The van der Waals surface area contributed by atoms with Crippen LogP contribution in [0.15, 0.2) is 43.0 Å². The average Bonchev–Trinajstić information content (AvgIpc) is 3.40. The molecule has 0 aromatic heterocycles. The maximum atomic E-state index is 14.7. The van der Waals surface area contributed by atoms with Gasteiger partial charge in [-0.3, -0.25) is 14.4 Å². The Morgan fingerprint density at radius 3 is 2.42 bits per heavy atom. The van der Waals surface area contributed by atoms with Crippen molar-refractivity contribution in [2.24, 2.45) is 17.3 Å². The lowest BCUT2D eigenvalue weighted by atomic mass is 9.70. The third kappa shape index (κ3) is 4.60. The number of amides is 2. The number of carboxylic acids is 1. The molecule has 0 saturated carbocycles. The van der Waals surface area contributed by atoms with Gasteiger partial charge in [0.15, 0.2) is 0 Å². The van der Waals surface area contributed by atoms with Crippen LogP contribution in [0.1, 0.15) is 59.1 Å². The Balaban J connectivity index is 1.88. The second-order valence-electron chi connectivity index (χ2n) is 12.6. The van der Waals surface area contributed by atoms with Crippen molar-refractivity contribution in [3.8, 4) is 0 Å². The highest BCUT2D eigenvalue weighted by atomic mass is 79.9. The summed E-state index contributed by atoms with van der Waals surface area (Å²) in [4.78, 5) is 44.2. The van der Waals surface area contributed by atoms with Crippen LogP contribution in [0, 0.1) is 17.3 Å². The molecule has 3 fully saturated rings. The molecule has 4 rings (SSSR count). The van der Waals surface area contributed by atoms with E-state index in [4.69, 9.17) is 4.74 Å². The number of likely N-dealkylation sites (tertiary alicyclic amines) is 1. The highest BCUT2D eigenvalue weighted by Gasteiger charge is 2.77. The van der Waals surface area contributed by atoms with Gasteiger partial charge in [-0.25, -0.2) is 0 Å². The van der Waals surface area contributed by atoms with Crippen LogP contribution < -0.4 is 0 Å². The highest BCUT2D eigenvalue weighted by molar-refractivity contribution is 9.09. The number of aliphatic hydroxyl groups is 1. The third-order valence-corrected chi connectivity index (χ3v) is 9.06. The lowest BCUT2D eigenvalue weighted by Gasteiger charge is -2.46. The number of nitrogens with zero attached hydrogens (tertiary/aromatic N) is 2. The molecule has 0 aliphatic carbocycles. The molecule has 3 aliphatic rings. The number of halogens is 1. The van der Waals surface area contributed by atoms with Crippen molar-refractivity contribution in [3.63, 3.8) is 0 Å². The maximum absolute atomic E-state index is 14.7. The monoisotopic (exact) mass is 590 g/mol. The molecule has 0 radical (unpaired) electrons. The molecule has 2 amide bonds. The smallest absolute Gasteiger partial charge is 0.310 e. The predicted molar refractivity (Wildman–Crippen MR) is 147 cm³/mol. The largest absolute Gasteiger partial charge is 0.481 e. The number of carbonyl (C=O) groups excluding carboxylic acids is 2. The topological polar surface area (TPSA) is 107 Å².